The number of carbonyl (C=O) groups is 1. The minimum atomic E-state index is -0.271. The summed E-state index contributed by atoms with van der Waals surface area (Å²) in [6.45, 7) is 4.49. The lowest BCUT2D eigenvalue weighted by Gasteiger charge is -2.44. The Morgan fingerprint density at radius 2 is 1.70 bits per heavy atom. The number of anilines is 1. The Morgan fingerprint density at radius 1 is 1.00 bits per heavy atom. The molecular weight excluding hydrogens is 334 g/mol. The first-order valence-corrected chi connectivity index (χ1v) is 10.1. The molecule has 0 aromatic heterocycles. The van der Waals surface area contributed by atoms with Crippen LogP contribution in [0, 0.1) is 31.6 Å². The lowest BCUT2D eigenvalue weighted by molar-refractivity contribution is 0.0600. The van der Waals surface area contributed by atoms with E-state index in [9.17, 15) is 4.79 Å². The van der Waals surface area contributed by atoms with E-state index in [1.165, 1.54) is 48.8 Å². The molecule has 2 aromatic rings. The Bertz CT molecular complexity index is 901. The molecule has 0 saturated heterocycles. The quantitative estimate of drug-likeness (QED) is 0.729. The molecule has 2 saturated carbocycles. The number of carbonyl (C=O) groups excluding carboxylic acids is 1. The first kappa shape index (κ1) is 16.9. The maximum Gasteiger partial charge on any atom is 0.337 e. The normalized spacial score (nSPS) is 30.4. The van der Waals surface area contributed by atoms with Gasteiger partial charge in [0.05, 0.1) is 18.7 Å². The minimum absolute atomic E-state index is 0.271. The average molecular weight is 361 g/mol. The minimum Gasteiger partial charge on any atom is -0.465 e. The average Bonchev–Trinajstić information content (AvgIpc) is 3.32. The number of methoxy groups -OCH3 is 1. The van der Waals surface area contributed by atoms with Crippen LogP contribution in [0.15, 0.2) is 36.4 Å². The summed E-state index contributed by atoms with van der Waals surface area (Å²) in [6, 6.07) is 12.9. The predicted octanol–water partition coefficient (Wildman–Crippen LogP) is 5.39. The number of esters is 1. The number of hydrogen-bond donors (Lipinski definition) is 1. The molecule has 1 N–H and O–H groups in total. The van der Waals surface area contributed by atoms with Crippen molar-refractivity contribution in [3.05, 3.63) is 64.2 Å². The van der Waals surface area contributed by atoms with Crippen molar-refractivity contribution in [1.29, 1.82) is 0 Å². The fourth-order valence-electron chi connectivity index (χ4n) is 6.20. The largest absolute Gasteiger partial charge is 0.465 e. The van der Waals surface area contributed by atoms with E-state index in [1.807, 2.05) is 12.1 Å². The second kappa shape index (κ2) is 6.12. The van der Waals surface area contributed by atoms with Gasteiger partial charge in [-0.25, -0.2) is 4.79 Å². The molecule has 1 heterocycles. The van der Waals surface area contributed by atoms with Gasteiger partial charge >= 0.3 is 5.97 Å². The molecule has 5 atom stereocenters. The van der Waals surface area contributed by atoms with E-state index in [0.717, 1.165) is 11.8 Å². The zero-order valence-corrected chi connectivity index (χ0v) is 16.3. The fourth-order valence-corrected chi connectivity index (χ4v) is 6.20. The number of ether oxygens (including phenoxy) is 1. The van der Waals surface area contributed by atoms with E-state index in [0.29, 0.717) is 23.4 Å². The molecular formula is C24H27NO2. The Morgan fingerprint density at radius 3 is 2.44 bits per heavy atom. The second-order valence-corrected chi connectivity index (χ2v) is 8.66. The zero-order chi connectivity index (χ0) is 18.7. The van der Waals surface area contributed by atoms with Crippen molar-refractivity contribution in [2.45, 2.75) is 45.1 Å². The maximum atomic E-state index is 11.8. The van der Waals surface area contributed by atoms with E-state index in [2.05, 4.69) is 43.4 Å². The molecule has 1 aliphatic heterocycles. The predicted molar refractivity (Wildman–Crippen MR) is 107 cm³/mol. The highest BCUT2D eigenvalue weighted by atomic mass is 16.5. The summed E-state index contributed by atoms with van der Waals surface area (Å²) in [5.74, 6) is 2.70. The monoisotopic (exact) mass is 361 g/mol. The number of rotatable bonds is 2. The summed E-state index contributed by atoms with van der Waals surface area (Å²) < 4.78 is 4.85. The lowest BCUT2D eigenvalue weighted by Crippen LogP contribution is -2.36. The zero-order valence-electron chi connectivity index (χ0n) is 16.3. The van der Waals surface area contributed by atoms with Crippen LogP contribution in [-0.2, 0) is 4.74 Å². The molecule has 2 aliphatic carbocycles. The van der Waals surface area contributed by atoms with Crippen molar-refractivity contribution in [2.24, 2.45) is 17.8 Å². The van der Waals surface area contributed by atoms with Crippen molar-refractivity contribution < 1.29 is 9.53 Å². The van der Waals surface area contributed by atoms with E-state index in [-0.39, 0.29) is 5.97 Å². The Hall–Kier alpha value is -2.29. The van der Waals surface area contributed by atoms with Gasteiger partial charge in [-0.05, 0) is 91.2 Å². The number of aryl methyl sites for hydroxylation is 2. The summed E-state index contributed by atoms with van der Waals surface area (Å²) in [6.07, 6.45) is 4.12. The van der Waals surface area contributed by atoms with Gasteiger partial charge in [-0.15, -0.1) is 0 Å². The van der Waals surface area contributed by atoms with Crippen LogP contribution < -0.4 is 5.32 Å². The molecule has 0 unspecified atom stereocenters. The van der Waals surface area contributed by atoms with Crippen molar-refractivity contribution in [1.82, 2.24) is 0 Å². The molecule has 0 amide bonds. The molecule has 140 valence electrons. The van der Waals surface area contributed by atoms with Crippen LogP contribution in [0.5, 0.6) is 0 Å². The number of fused-ring (bicyclic) bond motifs is 7. The third kappa shape index (κ3) is 2.44. The van der Waals surface area contributed by atoms with E-state index in [1.54, 1.807) is 5.56 Å². The second-order valence-electron chi connectivity index (χ2n) is 8.66. The molecule has 3 heteroatoms. The molecule has 3 nitrogen and oxygen atoms in total. The van der Waals surface area contributed by atoms with Crippen LogP contribution in [0.4, 0.5) is 5.69 Å². The van der Waals surface area contributed by atoms with Crippen LogP contribution in [0.25, 0.3) is 0 Å². The van der Waals surface area contributed by atoms with Gasteiger partial charge in [0, 0.05) is 5.69 Å². The summed E-state index contributed by atoms with van der Waals surface area (Å²) in [5.41, 5.74) is 7.62. The van der Waals surface area contributed by atoms with Gasteiger partial charge in [0.1, 0.15) is 0 Å². The van der Waals surface area contributed by atoms with Crippen LogP contribution in [0.2, 0.25) is 0 Å². The van der Waals surface area contributed by atoms with Gasteiger partial charge in [-0.2, -0.15) is 0 Å². The first-order valence-electron chi connectivity index (χ1n) is 10.1. The standard InChI is InChI=1S/C24H27NO2/c1-13-4-5-14(2)22-19(13)20-17-10-11-18(12-17)21(20)23(25-22)15-6-8-16(9-7-15)24(26)27-3/h4-9,17-18,20-21,23,25H,10-12H2,1-3H3/t17-,18-,20+,21+,23-/m0/s1. The third-order valence-electron chi connectivity index (χ3n) is 7.36. The maximum absolute atomic E-state index is 11.8. The third-order valence-corrected chi connectivity index (χ3v) is 7.36. The van der Waals surface area contributed by atoms with Crippen LogP contribution >= 0.6 is 0 Å². The SMILES string of the molecule is COC(=O)c1ccc([C@@H]2Nc3c(C)ccc(C)c3[C@H]3[C@H]4CC[C@@H](C4)[C@H]32)cc1. The van der Waals surface area contributed by atoms with E-state index in [4.69, 9.17) is 4.74 Å². The van der Waals surface area contributed by atoms with Gasteiger partial charge in [0.2, 0.25) is 0 Å². The number of benzene rings is 2. The summed E-state index contributed by atoms with van der Waals surface area (Å²) in [4.78, 5) is 11.8. The molecule has 0 spiro atoms. The fraction of sp³-hybridized carbons (Fsp3) is 0.458. The number of hydrogen-bond acceptors (Lipinski definition) is 3. The molecule has 3 aliphatic rings. The lowest BCUT2D eigenvalue weighted by atomic mass is 9.67. The first-order chi connectivity index (χ1) is 13.1. The van der Waals surface area contributed by atoms with Crippen molar-refractivity contribution in [3.8, 4) is 0 Å². The Kier molecular flexibility index (Phi) is 3.82. The molecule has 2 aromatic carbocycles. The number of nitrogens with one attached hydrogen (secondary N) is 1. The molecule has 0 radical (unpaired) electrons. The van der Waals surface area contributed by atoms with Crippen molar-refractivity contribution >= 4 is 11.7 Å². The van der Waals surface area contributed by atoms with E-state index < -0.39 is 0 Å². The van der Waals surface area contributed by atoms with Gasteiger partial charge in [-0.3, -0.25) is 0 Å². The topological polar surface area (TPSA) is 38.3 Å². The van der Waals surface area contributed by atoms with E-state index >= 15 is 0 Å². The van der Waals surface area contributed by atoms with Crippen LogP contribution in [0.3, 0.4) is 0 Å². The molecule has 27 heavy (non-hydrogen) atoms. The molecule has 2 bridgehead atoms. The molecule has 5 rings (SSSR count). The Balaban J connectivity index is 1.59. The summed E-state index contributed by atoms with van der Waals surface area (Å²) >= 11 is 0. The smallest absolute Gasteiger partial charge is 0.337 e. The van der Waals surface area contributed by atoms with Crippen LogP contribution in [-0.4, -0.2) is 13.1 Å². The highest BCUT2D eigenvalue weighted by Crippen LogP contribution is 2.64. The highest BCUT2D eigenvalue weighted by Gasteiger charge is 2.54. The van der Waals surface area contributed by atoms with Gasteiger partial charge < -0.3 is 10.1 Å². The van der Waals surface area contributed by atoms with Crippen molar-refractivity contribution in [3.63, 3.8) is 0 Å². The van der Waals surface area contributed by atoms with Crippen molar-refractivity contribution in [2.75, 3.05) is 12.4 Å². The van der Waals surface area contributed by atoms with Gasteiger partial charge in [-0.1, -0.05) is 24.3 Å². The van der Waals surface area contributed by atoms with Crippen LogP contribution in [0.1, 0.15) is 63.8 Å². The van der Waals surface area contributed by atoms with Gasteiger partial charge in [0.25, 0.3) is 0 Å². The molecule has 2 fully saturated rings. The summed E-state index contributed by atoms with van der Waals surface area (Å²) in [7, 11) is 1.43. The highest BCUT2D eigenvalue weighted by molar-refractivity contribution is 5.89. The van der Waals surface area contributed by atoms with Gasteiger partial charge in [0.15, 0.2) is 0 Å². The Labute approximate surface area is 161 Å². The summed E-state index contributed by atoms with van der Waals surface area (Å²) in [5, 5.41) is 3.93.